The van der Waals surface area contributed by atoms with Gasteiger partial charge in [-0.2, -0.15) is 0 Å². The summed E-state index contributed by atoms with van der Waals surface area (Å²) in [6.45, 7) is 3.85. The lowest BCUT2D eigenvalue weighted by molar-refractivity contribution is 0.120. The Kier molecular flexibility index (Phi) is 3.60. The quantitative estimate of drug-likeness (QED) is 0.759. The zero-order valence-electron chi connectivity index (χ0n) is 12.6. The van der Waals surface area contributed by atoms with Crippen molar-refractivity contribution in [2.24, 2.45) is 0 Å². The number of nitrogens with one attached hydrogen (secondary N) is 2. The Morgan fingerprint density at radius 1 is 1.41 bits per heavy atom. The third kappa shape index (κ3) is 2.51. The molecule has 3 aromatic rings. The Morgan fingerprint density at radius 2 is 2.32 bits per heavy atom. The highest BCUT2D eigenvalue weighted by Gasteiger charge is 2.17. The van der Waals surface area contributed by atoms with E-state index in [1.54, 1.807) is 11.3 Å². The van der Waals surface area contributed by atoms with E-state index < -0.39 is 0 Å². The number of benzene rings is 1. The molecule has 3 heterocycles. The van der Waals surface area contributed by atoms with Gasteiger partial charge in [-0.25, -0.2) is 4.98 Å². The Balaban J connectivity index is 1.58. The first-order chi connectivity index (χ1) is 10.8. The summed E-state index contributed by atoms with van der Waals surface area (Å²) >= 11 is 1.66. The van der Waals surface area contributed by atoms with Crippen LogP contribution in [0.1, 0.15) is 18.5 Å². The SMILES string of the molecule is Cc1[nH]c2ccccc2c1-c1csc(NCC2CCCO2)n1. The molecule has 0 saturated carbocycles. The summed E-state index contributed by atoms with van der Waals surface area (Å²) in [5.41, 5.74) is 4.57. The van der Waals surface area contributed by atoms with E-state index in [1.807, 2.05) is 0 Å². The molecule has 1 aliphatic heterocycles. The number of thiazole rings is 1. The number of hydrogen-bond donors (Lipinski definition) is 2. The van der Waals surface area contributed by atoms with Gasteiger partial charge in [-0.3, -0.25) is 0 Å². The number of aryl methyl sites for hydroxylation is 1. The van der Waals surface area contributed by atoms with Gasteiger partial charge in [0.2, 0.25) is 0 Å². The molecule has 4 rings (SSSR count). The first kappa shape index (κ1) is 13.8. The van der Waals surface area contributed by atoms with Crippen LogP contribution in [0.2, 0.25) is 0 Å². The summed E-state index contributed by atoms with van der Waals surface area (Å²) in [5, 5.41) is 7.73. The number of fused-ring (bicyclic) bond motifs is 1. The van der Waals surface area contributed by atoms with E-state index >= 15 is 0 Å². The molecule has 0 spiro atoms. The van der Waals surface area contributed by atoms with Gasteiger partial charge in [-0.05, 0) is 25.8 Å². The Bertz CT molecular complexity index is 786. The smallest absolute Gasteiger partial charge is 0.183 e. The molecule has 1 aliphatic rings. The van der Waals surface area contributed by atoms with E-state index in [1.165, 1.54) is 17.4 Å². The normalized spacial score (nSPS) is 18.1. The maximum Gasteiger partial charge on any atom is 0.183 e. The number of ether oxygens (including phenoxy) is 1. The molecule has 114 valence electrons. The number of aromatic nitrogens is 2. The van der Waals surface area contributed by atoms with Gasteiger partial charge in [-0.1, -0.05) is 18.2 Å². The molecule has 1 aromatic carbocycles. The number of rotatable bonds is 4. The van der Waals surface area contributed by atoms with Crippen molar-refractivity contribution in [3.05, 3.63) is 35.3 Å². The number of hydrogen-bond acceptors (Lipinski definition) is 4. The highest BCUT2D eigenvalue weighted by Crippen LogP contribution is 2.33. The van der Waals surface area contributed by atoms with Crippen molar-refractivity contribution in [2.75, 3.05) is 18.5 Å². The summed E-state index contributed by atoms with van der Waals surface area (Å²) in [6, 6.07) is 8.38. The minimum Gasteiger partial charge on any atom is -0.376 e. The highest BCUT2D eigenvalue weighted by molar-refractivity contribution is 7.14. The van der Waals surface area contributed by atoms with Crippen LogP contribution in [0.15, 0.2) is 29.6 Å². The van der Waals surface area contributed by atoms with Crippen molar-refractivity contribution in [2.45, 2.75) is 25.9 Å². The van der Waals surface area contributed by atoms with Crippen molar-refractivity contribution in [1.29, 1.82) is 0 Å². The second-order valence-electron chi connectivity index (χ2n) is 5.72. The topological polar surface area (TPSA) is 49.9 Å². The molecule has 0 amide bonds. The molecule has 1 unspecified atom stereocenters. The number of anilines is 1. The fourth-order valence-corrected chi connectivity index (χ4v) is 3.79. The molecule has 5 heteroatoms. The van der Waals surface area contributed by atoms with Crippen LogP contribution >= 0.6 is 11.3 Å². The second-order valence-corrected chi connectivity index (χ2v) is 6.58. The van der Waals surface area contributed by atoms with Crippen LogP contribution in [-0.4, -0.2) is 29.2 Å². The molecule has 0 radical (unpaired) electrons. The Morgan fingerprint density at radius 3 is 3.18 bits per heavy atom. The summed E-state index contributed by atoms with van der Waals surface area (Å²) in [5.74, 6) is 0. The molecule has 0 aliphatic carbocycles. The molecular formula is C17H19N3OS. The maximum atomic E-state index is 5.64. The summed E-state index contributed by atoms with van der Waals surface area (Å²) in [6.07, 6.45) is 2.65. The molecule has 0 bridgehead atoms. The van der Waals surface area contributed by atoms with Gasteiger partial charge < -0.3 is 15.0 Å². The minimum absolute atomic E-state index is 0.335. The van der Waals surface area contributed by atoms with Gasteiger partial charge in [0, 0.05) is 40.7 Å². The number of aromatic amines is 1. The molecule has 2 aromatic heterocycles. The van der Waals surface area contributed by atoms with E-state index in [0.29, 0.717) is 6.10 Å². The maximum absolute atomic E-state index is 5.64. The predicted molar refractivity (Wildman–Crippen MR) is 91.6 cm³/mol. The average Bonchev–Trinajstić information content (AvgIpc) is 3.24. The van der Waals surface area contributed by atoms with Crippen molar-refractivity contribution in [3.63, 3.8) is 0 Å². The lowest BCUT2D eigenvalue weighted by Gasteiger charge is -2.09. The Labute approximate surface area is 133 Å². The third-order valence-electron chi connectivity index (χ3n) is 4.16. The predicted octanol–water partition coefficient (Wildman–Crippen LogP) is 4.19. The van der Waals surface area contributed by atoms with Gasteiger partial charge in [0.15, 0.2) is 5.13 Å². The highest BCUT2D eigenvalue weighted by atomic mass is 32.1. The fraction of sp³-hybridized carbons (Fsp3) is 0.353. The standard InChI is InChI=1S/C17H19N3OS/c1-11-16(13-6-2-3-7-14(13)19-11)15-10-22-17(20-15)18-9-12-5-4-8-21-12/h2-3,6-7,10,12,19H,4-5,8-9H2,1H3,(H,18,20). The second kappa shape index (κ2) is 5.74. The molecule has 4 nitrogen and oxygen atoms in total. The van der Waals surface area contributed by atoms with E-state index in [4.69, 9.17) is 9.72 Å². The van der Waals surface area contributed by atoms with Crippen LogP contribution in [0.3, 0.4) is 0 Å². The molecule has 1 fully saturated rings. The first-order valence-electron chi connectivity index (χ1n) is 7.70. The monoisotopic (exact) mass is 313 g/mol. The first-order valence-corrected chi connectivity index (χ1v) is 8.58. The minimum atomic E-state index is 0.335. The zero-order chi connectivity index (χ0) is 14.9. The fourth-order valence-electron chi connectivity index (χ4n) is 3.08. The summed E-state index contributed by atoms with van der Waals surface area (Å²) in [7, 11) is 0. The van der Waals surface area contributed by atoms with Gasteiger partial charge in [0.25, 0.3) is 0 Å². The largest absolute Gasteiger partial charge is 0.376 e. The van der Waals surface area contributed by atoms with E-state index in [0.717, 1.165) is 41.6 Å². The van der Waals surface area contributed by atoms with Crippen molar-refractivity contribution >= 4 is 27.4 Å². The number of H-pyrrole nitrogens is 1. The van der Waals surface area contributed by atoms with Gasteiger partial charge >= 0.3 is 0 Å². The van der Waals surface area contributed by atoms with E-state index in [2.05, 4.69) is 46.9 Å². The van der Waals surface area contributed by atoms with Gasteiger partial charge in [-0.15, -0.1) is 11.3 Å². The number of para-hydroxylation sites is 1. The van der Waals surface area contributed by atoms with E-state index in [9.17, 15) is 0 Å². The van der Waals surface area contributed by atoms with Crippen LogP contribution in [-0.2, 0) is 4.74 Å². The molecular weight excluding hydrogens is 294 g/mol. The van der Waals surface area contributed by atoms with Crippen LogP contribution in [0.5, 0.6) is 0 Å². The molecule has 22 heavy (non-hydrogen) atoms. The van der Waals surface area contributed by atoms with Crippen LogP contribution in [0.4, 0.5) is 5.13 Å². The lowest BCUT2D eigenvalue weighted by Crippen LogP contribution is -2.18. The summed E-state index contributed by atoms with van der Waals surface area (Å²) in [4.78, 5) is 8.19. The number of nitrogens with zero attached hydrogens (tertiary/aromatic N) is 1. The van der Waals surface area contributed by atoms with Crippen LogP contribution < -0.4 is 5.32 Å². The van der Waals surface area contributed by atoms with Crippen LogP contribution in [0.25, 0.3) is 22.2 Å². The van der Waals surface area contributed by atoms with Crippen molar-refractivity contribution < 1.29 is 4.74 Å². The average molecular weight is 313 g/mol. The third-order valence-corrected chi connectivity index (χ3v) is 4.96. The van der Waals surface area contributed by atoms with Crippen LogP contribution in [0, 0.1) is 6.92 Å². The van der Waals surface area contributed by atoms with Gasteiger partial charge in [0.05, 0.1) is 11.8 Å². The molecule has 2 N–H and O–H groups in total. The summed E-state index contributed by atoms with van der Waals surface area (Å²) < 4.78 is 5.64. The molecule has 1 atom stereocenters. The van der Waals surface area contributed by atoms with Crippen molar-refractivity contribution in [3.8, 4) is 11.3 Å². The Hall–Kier alpha value is -1.85. The van der Waals surface area contributed by atoms with Crippen molar-refractivity contribution in [1.82, 2.24) is 9.97 Å². The van der Waals surface area contributed by atoms with E-state index in [-0.39, 0.29) is 0 Å². The molecule has 1 saturated heterocycles. The van der Waals surface area contributed by atoms with Gasteiger partial charge in [0.1, 0.15) is 0 Å². The zero-order valence-corrected chi connectivity index (χ0v) is 13.4. The lowest BCUT2D eigenvalue weighted by atomic mass is 10.1.